The summed E-state index contributed by atoms with van der Waals surface area (Å²) in [5, 5.41) is 10.4. The topological polar surface area (TPSA) is 155 Å². The largest absolute Gasteiger partial charge is 0.468 e. The molecule has 0 aliphatic carbocycles. The van der Waals surface area contributed by atoms with E-state index in [4.69, 9.17) is 40.7 Å². The summed E-state index contributed by atoms with van der Waals surface area (Å²) < 4.78 is 34.0. The van der Waals surface area contributed by atoms with E-state index in [-0.39, 0.29) is 10.6 Å². The SMILES string of the molecule is CC(=O)OCC1OC(N2C(c3ccccc3)=CC(c3ccco3)C(C#N)=C2S)C(OC(C)=O)C(OC(C)=O)C1OC(C)=O. The number of furan rings is 1. The number of carbonyl (C=O) groups is 4. The van der Waals surface area contributed by atoms with Gasteiger partial charge >= 0.3 is 23.9 Å². The lowest BCUT2D eigenvalue weighted by molar-refractivity contribution is -0.268. The number of benzene rings is 1. The first-order valence-corrected chi connectivity index (χ1v) is 13.7. The fourth-order valence-electron chi connectivity index (χ4n) is 5.03. The second-order valence-corrected chi connectivity index (χ2v) is 10.1. The molecule has 6 unspecified atom stereocenters. The van der Waals surface area contributed by atoms with Gasteiger partial charge < -0.3 is 33.0 Å². The lowest BCUT2D eigenvalue weighted by Crippen LogP contribution is -2.65. The third kappa shape index (κ3) is 7.10. The summed E-state index contributed by atoms with van der Waals surface area (Å²) in [6, 6.07) is 14.7. The predicted octanol–water partition coefficient (Wildman–Crippen LogP) is 3.47. The lowest BCUT2D eigenvalue weighted by atomic mass is 9.90. The molecule has 2 aliphatic rings. The van der Waals surface area contributed by atoms with E-state index in [1.807, 2.05) is 30.3 Å². The summed E-state index contributed by atoms with van der Waals surface area (Å²) in [4.78, 5) is 50.2. The van der Waals surface area contributed by atoms with E-state index < -0.39 is 67.0 Å². The fourth-order valence-corrected chi connectivity index (χ4v) is 5.44. The highest BCUT2D eigenvalue weighted by Gasteiger charge is 2.55. The molecule has 3 heterocycles. The average Bonchev–Trinajstić information content (AvgIpc) is 3.49. The molecule has 1 aromatic carbocycles. The van der Waals surface area contributed by atoms with E-state index in [1.165, 1.54) is 18.1 Å². The molecule has 0 spiro atoms. The van der Waals surface area contributed by atoms with Gasteiger partial charge in [0.1, 0.15) is 18.5 Å². The van der Waals surface area contributed by atoms with Crippen molar-refractivity contribution in [3.8, 4) is 6.07 Å². The van der Waals surface area contributed by atoms with Crippen LogP contribution in [-0.2, 0) is 42.9 Å². The molecule has 0 amide bonds. The van der Waals surface area contributed by atoms with Gasteiger partial charge in [0.05, 0.1) is 28.9 Å². The van der Waals surface area contributed by atoms with E-state index >= 15 is 0 Å². The summed E-state index contributed by atoms with van der Waals surface area (Å²) in [5.74, 6) is -3.05. The molecule has 0 N–H and O–H groups in total. The average molecular weight is 611 g/mol. The zero-order valence-corrected chi connectivity index (χ0v) is 24.7. The Bertz CT molecular complexity index is 1460. The summed E-state index contributed by atoms with van der Waals surface area (Å²) in [6.07, 6.45) is -3.40. The van der Waals surface area contributed by atoms with Crippen molar-refractivity contribution < 1.29 is 47.3 Å². The monoisotopic (exact) mass is 610 g/mol. The number of hydrogen-bond acceptors (Lipinski definition) is 13. The van der Waals surface area contributed by atoms with Crippen LogP contribution in [0.3, 0.4) is 0 Å². The van der Waals surface area contributed by atoms with Gasteiger partial charge in [-0.2, -0.15) is 5.26 Å². The van der Waals surface area contributed by atoms with Gasteiger partial charge in [0.25, 0.3) is 0 Å². The molecule has 13 heteroatoms. The van der Waals surface area contributed by atoms with Crippen LogP contribution in [0, 0.1) is 11.3 Å². The van der Waals surface area contributed by atoms with Crippen LogP contribution < -0.4 is 0 Å². The number of allylic oxidation sites excluding steroid dienone is 2. The highest BCUT2D eigenvalue weighted by Crippen LogP contribution is 2.45. The maximum absolute atomic E-state index is 12.4. The molecule has 226 valence electrons. The highest BCUT2D eigenvalue weighted by molar-refractivity contribution is 7.84. The van der Waals surface area contributed by atoms with Crippen LogP contribution in [0.1, 0.15) is 44.9 Å². The standard InChI is InChI=1S/C30H30N2O10S/c1-16(33)38-15-25-26(39-17(2)34)27(40-18(3)35)28(41-19(4)36)29(42-25)32-23(20-9-6-5-7-10-20)13-21(22(14-31)30(32)43)24-11-8-12-37-24/h5-13,21,25-29,43H,15H2,1-4H3. The smallest absolute Gasteiger partial charge is 0.303 e. The molecule has 1 aromatic heterocycles. The molecule has 1 saturated heterocycles. The Kier molecular flexibility index (Phi) is 9.95. The zero-order chi connectivity index (χ0) is 31.3. The summed E-state index contributed by atoms with van der Waals surface area (Å²) >= 11 is 4.77. The first-order chi connectivity index (χ1) is 20.5. The van der Waals surface area contributed by atoms with Crippen molar-refractivity contribution in [1.82, 2.24) is 4.90 Å². The normalized spacial score (nSPS) is 25.2. The number of hydrogen-bond donors (Lipinski definition) is 1. The van der Waals surface area contributed by atoms with Crippen molar-refractivity contribution >= 4 is 42.2 Å². The molecule has 2 aliphatic heterocycles. The lowest BCUT2D eigenvalue weighted by Gasteiger charge is -2.49. The van der Waals surface area contributed by atoms with Crippen molar-refractivity contribution in [2.75, 3.05) is 6.61 Å². The van der Waals surface area contributed by atoms with Crippen LogP contribution in [-0.4, -0.2) is 66.0 Å². The molecular weight excluding hydrogens is 580 g/mol. The maximum atomic E-state index is 12.4. The minimum atomic E-state index is -1.41. The Morgan fingerprint density at radius 1 is 0.884 bits per heavy atom. The van der Waals surface area contributed by atoms with Crippen molar-refractivity contribution in [2.24, 2.45) is 0 Å². The number of ether oxygens (including phenoxy) is 5. The van der Waals surface area contributed by atoms with E-state index in [9.17, 15) is 24.4 Å². The van der Waals surface area contributed by atoms with Gasteiger partial charge in [-0.05, 0) is 23.8 Å². The quantitative estimate of drug-likeness (QED) is 0.264. The van der Waals surface area contributed by atoms with Gasteiger partial charge in [-0.15, -0.1) is 12.6 Å². The molecule has 4 rings (SSSR count). The molecule has 1 fully saturated rings. The molecular formula is C30H30N2O10S. The van der Waals surface area contributed by atoms with Crippen LogP contribution in [0.15, 0.2) is 69.8 Å². The Balaban J connectivity index is 1.93. The van der Waals surface area contributed by atoms with Crippen molar-refractivity contribution in [3.05, 3.63) is 76.7 Å². The van der Waals surface area contributed by atoms with Gasteiger partial charge in [-0.3, -0.25) is 19.2 Å². The minimum Gasteiger partial charge on any atom is -0.468 e. The second-order valence-electron chi connectivity index (χ2n) is 9.72. The Morgan fingerprint density at radius 3 is 2.07 bits per heavy atom. The van der Waals surface area contributed by atoms with Gasteiger partial charge in [-0.25, -0.2) is 0 Å². The Morgan fingerprint density at radius 2 is 1.51 bits per heavy atom. The van der Waals surface area contributed by atoms with Crippen LogP contribution >= 0.6 is 12.6 Å². The van der Waals surface area contributed by atoms with Crippen LogP contribution in [0.4, 0.5) is 0 Å². The Labute approximate surface area is 253 Å². The molecule has 0 radical (unpaired) electrons. The number of rotatable bonds is 8. The van der Waals surface area contributed by atoms with Gasteiger partial charge in [0, 0.05) is 33.4 Å². The van der Waals surface area contributed by atoms with E-state index in [0.717, 1.165) is 20.8 Å². The fraction of sp³-hybridized carbons (Fsp3) is 0.367. The predicted molar refractivity (Wildman–Crippen MR) is 151 cm³/mol. The minimum absolute atomic E-state index is 0.131. The molecule has 12 nitrogen and oxygen atoms in total. The number of nitriles is 1. The third-order valence-corrected chi connectivity index (χ3v) is 7.08. The summed E-state index contributed by atoms with van der Waals surface area (Å²) in [5.41, 5.74) is 1.35. The van der Waals surface area contributed by atoms with Crippen LogP contribution in [0.5, 0.6) is 0 Å². The van der Waals surface area contributed by atoms with Crippen LogP contribution in [0.2, 0.25) is 0 Å². The zero-order valence-electron chi connectivity index (χ0n) is 23.8. The van der Waals surface area contributed by atoms with Crippen molar-refractivity contribution in [3.63, 3.8) is 0 Å². The van der Waals surface area contributed by atoms with E-state index in [2.05, 4.69) is 6.07 Å². The molecule has 43 heavy (non-hydrogen) atoms. The second kappa shape index (κ2) is 13.6. The maximum Gasteiger partial charge on any atom is 0.303 e. The van der Waals surface area contributed by atoms with E-state index in [1.54, 1.807) is 18.2 Å². The van der Waals surface area contributed by atoms with Gasteiger partial charge in [0.15, 0.2) is 24.5 Å². The van der Waals surface area contributed by atoms with Crippen molar-refractivity contribution in [1.29, 1.82) is 5.26 Å². The van der Waals surface area contributed by atoms with Crippen molar-refractivity contribution in [2.45, 2.75) is 64.3 Å². The molecule has 6 atom stereocenters. The Hall–Kier alpha value is -4.54. The molecule has 0 saturated carbocycles. The van der Waals surface area contributed by atoms with E-state index in [0.29, 0.717) is 17.0 Å². The third-order valence-electron chi connectivity index (χ3n) is 6.62. The molecule has 0 bridgehead atoms. The first kappa shape index (κ1) is 31.4. The first-order valence-electron chi connectivity index (χ1n) is 13.2. The van der Waals surface area contributed by atoms with Gasteiger partial charge in [0.2, 0.25) is 0 Å². The number of esters is 4. The summed E-state index contributed by atoms with van der Waals surface area (Å²) in [6.45, 7) is 4.23. The highest BCUT2D eigenvalue weighted by atomic mass is 32.1. The summed E-state index contributed by atoms with van der Waals surface area (Å²) in [7, 11) is 0. The molecule has 2 aromatic rings. The van der Waals surface area contributed by atoms with Gasteiger partial charge in [-0.1, -0.05) is 30.3 Å². The number of carbonyl (C=O) groups excluding carboxylic acids is 4. The number of nitrogens with zero attached hydrogens (tertiary/aromatic N) is 2. The van der Waals surface area contributed by atoms with Crippen LogP contribution in [0.25, 0.3) is 5.70 Å². The number of thiol groups is 1.